The van der Waals surface area contributed by atoms with Gasteiger partial charge in [0.15, 0.2) is 0 Å². The van der Waals surface area contributed by atoms with Crippen molar-refractivity contribution in [2.45, 2.75) is 0 Å². The van der Waals surface area contributed by atoms with Crippen molar-refractivity contribution in [1.29, 1.82) is 0 Å². The highest BCUT2D eigenvalue weighted by Crippen LogP contribution is 2.30. The molecule has 0 fully saturated rings. The maximum Gasteiger partial charge on any atom is 0.363 e. The average Bonchev–Trinajstić information content (AvgIpc) is 2.63. The van der Waals surface area contributed by atoms with Crippen LogP contribution in [0.25, 0.3) is 10.8 Å². The molecule has 0 N–H and O–H groups in total. The van der Waals surface area contributed by atoms with Crippen LogP contribution in [0.2, 0.25) is 5.02 Å². The van der Waals surface area contributed by atoms with Crippen molar-refractivity contribution in [3.8, 4) is 0 Å². The fourth-order valence-corrected chi connectivity index (χ4v) is 2.94. The number of carbonyl (C=O) groups excluding carboxylic acids is 3. The number of rotatable bonds is 2. The molecule has 1 aliphatic rings. The van der Waals surface area contributed by atoms with Crippen molar-refractivity contribution in [2.24, 2.45) is 0 Å². The SMILES string of the molecule is O=C(ON1C(=O)c2cccc3cccc(c23)C1=O)c1ccc(Cl)cc1. The molecule has 0 saturated carbocycles. The van der Waals surface area contributed by atoms with Crippen LogP contribution in [0.15, 0.2) is 60.7 Å². The topological polar surface area (TPSA) is 63.7 Å². The maximum atomic E-state index is 12.6. The maximum absolute atomic E-state index is 12.6. The Bertz CT molecular complexity index is 992. The second-order valence-corrected chi connectivity index (χ2v) is 5.94. The predicted octanol–water partition coefficient (Wildman–Crippen LogP) is 3.86. The van der Waals surface area contributed by atoms with Gasteiger partial charge in [-0.15, -0.1) is 0 Å². The second-order valence-electron chi connectivity index (χ2n) is 5.50. The van der Waals surface area contributed by atoms with E-state index in [-0.39, 0.29) is 5.56 Å². The average molecular weight is 352 g/mol. The van der Waals surface area contributed by atoms with Crippen molar-refractivity contribution >= 4 is 40.2 Å². The summed E-state index contributed by atoms with van der Waals surface area (Å²) in [4.78, 5) is 42.6. The zero-order chi connectivity index (χ0) is 17.6. The first-order valence-corrected chi connectivity index (χ1v) is 7.82. The van der Waals surface area contributed by atoms with Crippen LogP contribution in [0, 0.1) is 0 Å². The standard InChI is InChI=1S/C19H10ClNO4/c20-13-9-7-12(8-10-13)19(24)25-21-17(22)14-5-1-3-11-4-2-6-15(16(11)14)18(21)23/h1-10H. The largest absolute Gasteiger partial charge is 0.363 e. The van der Waals surface area contributed by atoms with E-state index in [9.17, 15) is 14.4 Å². The number of benzene rings is 3. The Morgan fingerprint density at radius 2 is 1.40 bits per heavy atom. The molecule has 0 radical (unpaired) electrons. The molecule has 0 aliphatic carbocycles. The third-order valence-electron chi connectivity index (χ3n) is 3.99. The second kappa shape index (κ2) is 5.72. The van der Waals surface area contributed by atoms with E-state index in [1.807, 2.05) is 12.1 Å². The molecule has 2 amide bonds. The molecule has 122 valence electrons. The summed E-state index contributed by atoms with van der Waals surface area (Å²) in [5.41, 5.74) is 0.815. The summed E-state index contributed by atoms with van der Waals surface area (Å²) in [6.45, 7) is 0. The fraction of sp³-hybridized carbons (Fsp3) is 0. The van der Waals surface area contributed by atoms with E-state index in [1.165, 1.54) is 24.3 Å². The smallest absolute Gasteiger partial charge is 0.324 e. The van der Waals surface area contributed by atoms with Gasteiger partial charge in [-0.3, -0.25) is 9.59 Å². The summed E-state index contributed by atoms with van der Waals surface area (Å²) in [7, 11) is 0. The van der Waals surface area contributed by atoms with Crippen LogP contribution in [0.1, 0.15) is 31.1 Å². The molecule has 3 aromatic rings. The zero-order valence-electron chi connectivity index (χ0n) is 12.7. The van der Waals surface area contributed by atoms with E-state index in [1.54, 1.807) is 24.3 Å². The number of amides is 2. The van der Waals surface area contributed by atoms with E-state index in [2.05, 4.69) is 0 Å². The van der Waals surface area contributed by atoms with Gasteiger partial charge in [-0.2, -0.15) is 0 Å². The van der Waals surface area contributed by atoms with Crippen LogP contribution in [-0.2, 0) is 4.84 Å². The van der Waals surface area contributed by atoms with Crippen molar-refractivity contribution in [2.75, 3.05) is 0 Å². The highest BCUT2D eigenvalue weighted by Gasteiger charge is 2.36. The molecule has 0 bridgehead atoms. The fourth-order valence-electron chi connectivity index (χ4n) is 2.81. The van der Waals surface area contributed by atoms with E-state index in [0.717, 1.165) is 5.39 Å². The molecule has 1 aliphatic heterocycles. The molecule has 0 atom stereocenters. The minimum absolute atomic E-state index is 0.182. The molecule has 0 spiro atoms. The Labute approximate surface area is 147 Å². The van der Waals surface area contributed by atoms with Crippen LogP contribution < -0.4 is 0 Å². The Morgan fingerprint density at radius 1 is 0.840 bits per heavy atom. The molecule has 5 nitrogen and oxygen atoms in total. The third-order valence-corrected chi connectivity index (χ3v) is 4.24. The first-order chi connectivity index (χ1) is 12.1. The molecule has 4 rings (SSSR count). The van der Waals surface area contributed by atoms with Gasteiger partial charge in [0.05, 0.1) is 16.7 Å². The van der Waals surface area contributed by atoms with Crippen LogP contribution in [-0.4, -0.2) is 22.8 Å². The van der Waals surface area contributed by atoms with Crippen LogP contribution >= 0.6 is 11.6 Å². The number of imide groups is 1. The van der Waals surface area contributed by atoms with Crippen LogP contribution in [0.5, 0.6) is 0 Å². The Balaban J connectivity index is 1.73. The van der Waals surface area contributed by atoms with Crippen molar-refractivity contribution in [1.82, 2.24) is 5.06 Å². The van der Waals surface area contributed by atoms with E-state index in [0.29, 0.717) is 26.6 Å². The molecule has 0 aromatic heterocycles. The van der Waals surface area contributed by atoms with E-state index in [4.69, 9.17) is 16.4 Å². The summed E-state index contributed by atoms with van der Waals surface area (Å²) in [5.74, 6) is -2.15. The number of nitrogens with zero attached hydrogens (tertiary/aromatic N) is 1. The lowest BCUT2D eigenvalue weighted by atomic mass is 9.95. The summed E-state index contributed by atoms with van der Waals surface area (Å²) in [6, 6.07) is 16.2. The zero-order valence-corrected chi connectivity index (χ0v) is 13.5. The van der Waals surface area contributed by atoms with Gasteiger partial charge < -0.3 is 4.84 Å². The van der Waals surface area contributed by atoms with Gasteiger partial charge in [-0.25, -0.2) is 4.79 Å². The van der Waals surface area contributed by atoms with Crippen molar-refractivity contribution in [3.63, 3.8) is 0 Å². The number of hydrogen-bond donors (Lipinski definition) is 0. The van der Waals surface area contributed by atoms with Gasteiger partial charge in [-0.05, 0) is 41.8 Å². The molecule has 3 aromatic carbocycles. The summed E-state index contributed by atoms with van der Waals surface area (Å²) in [5, 5.41) is 2.31. The Hall–Kier alpha value is -3.18. The highest BCUT2D eigenvalue weighted by atomic mass is 35.5. The first kappa shape index (κ1) is 15.4. The van der Waals surface area contributed by atoms with Gasteiger partial charge in [-0.1, -0.05) is 40.9 Å². The first-order valence-electron chi connectivity index (χ1n) is 7.44. The molecule has 6 heteroatoms. The Morgan fingerprint density at radius 3 is 1.96 bits per heavy atom. The lowest BCUT2D eigenvalue weighted by Crippen LogP contribution is -2.41. The van der Waals surface area contributed by atoms with Gasteiger partial charge in [0.2, 0.25) is 0 Å². The highest BCUT2D eigenvalue weighted by molar-refractivity contribution is 6.30. The van der Waals surface area contributed by atoms with Gasteiger partial charge >= 0.3 is 5.97 Å². The van der Waals surface area contributed by atoms with E-state index >= 15 is 0 Å². The number of halogens is 1. The van der Waals surface area contributed by atoms with E-state index < -0.39 is 17.8 Å². The quantitative estimate of drug-likeness (QED) is 0.658. The molecule has 1 heterocycles. The van der Waals surface area contributed by atoms with Gasteiger partial charge in [0.25, 0.3) is 11.8 Å². The summed E-state index contributed by atoms with van der Waals surface area (Å²) in [6.07, 6.45) is 0. The lowest BCUT2D eigenvalue weighted by molar-refractivity contribution is -0.0620. The number of hydroxylamine groups is 2. The summed E-state index contributed by atoms with van der Waals surface area (Å²) >= 11 is 5.79. The number of hydrogen-bond acceptors (Lipinski definition) is 4. The van der Waals surface area contributed by atoms with Crippen LogP contribution in [0.3, 0.4) is 0 Å². The van der Waals surface area contributed by atoms with Crippen molar-refractivity contribution in [3.05, 3.63) is 82.4 Å². The third kappa shape index (κ3) is 2.45. The molecule has 0 unspecified atom stereocenters. The lowest BCUT2D eigenvalue weighted by Gasteiger charge is -2.25. The van der Waals surface area contributed by atoms with Gasteiger partial charge in [0.1, 0.15) is 0 Å². The monoisotopic (exact) mass is 351 g/mol. The minimum Gasteiger partial charge on any atom is -0.324 e. The van der Waals surface area contributed by atoms with Crippen LogP contribution in [0.4, 0.5) is 0 Å². The molecule has 25 heavy (non-hydrogen) atoms. The Kier molecular flexibility index (Phi) is 3.51. The van der Waals surface area contributed by atoms with Gasteiger partial charge in [0, 0.05) is 10.4 Å². The molecule has 0 saturated heterocycles. The normalized spacial score (nSPS) is 13.2. The number of carbonyl (C=O) groups is 3. The molecular weight excluding hydrogens is 342 g/mol. The minimum atomic E-state index is -0.815. The molecular formula is C19H10ClNO4. The van der Waals surface area contributed by atoms with Crippen molar-refractivity contribution < 1.29 is 19.2 Å². The predicted molar refractivity (Wildman–Crippen MR) is 91.3 cm³/mol. The summed E-state index contributed by atoms with van der Waals surface area (Å²) < 4.78 is 0.